The van der Waals surface area contributed by atoms with Gasteiger partial charge in [0, 0.05) is 51.4 Å². The minimum absolute atomic E-state index is 0. The summed E-state index contributed by atoms with van der Waals surface area (Å²) in [5.74, 6) is 1.95. The second-order valence-electron chi connectivity index (χ2n) is 17.6. The number of hydrogen-bond acceptors (Lipinski definition) is 8. The van der Waals surface area contributed by atoms with Crippen LogP contribution in [0.15, 0.2) is 146 Å². The molecule has 0 spiro atoms. The average molecular weight is 907 g/mol. The number of nitrogens with one attached hydrogen (secondary N) is 2. The third kappa shape index (κ3) is 12.4. The summed E-state index contributed by atoms with van der Waals surface area (Å²) in [4.78, 5) is 14.7. The first-order chi connectivity index (χ1) is 32.3. The SMILES string of the molecule is O.Oc1ccc(CCN2CCC(Nc3nc4ccccc4n3Cc3ccc(F)cc3)CC2)cc1.Oc1ccc(CCN2CCC(Nc3nc4ccccc4n3Cc3ccc(F)cc3)CC2)cc1. The van der Waals surface area contributed by atoms with Crippen LogP contribution in [0.2, 0.25) is 0 Å². The molecule has 0 radical (unpaired) electrons. The molecular formula is C54H60F2N8O3. The highest BCUT2D eigenvalue weighted by molar-refractivity contribution is 5.79. The Labute approximate surface area is 390 Å². The monoisotopic (exact) mass is 906 g/mol. The Kier molecular flexibility index (Phi) is 15.4. The summed E-state index contributed by atoms with van der Waals surface area (Å²) in [6.07, 6.45) is 6.24. The molecule has 2 saturated heterocycles. The van der Waals surface area contributed by atoms with Gasteiger partial charge in [0.25, 0.3) is 0 Å². The first-order valence-electron chi connectivity index (χ1n) is 23.2. The van der Waals surface area contributed by atoms with Gasteiger partial charge in [0.05, 0.1) is 35.2 Å². The predicted octanol–water partition coefficient (Wildman–Crippen LogP) is 9.27. The Balaban J connectivity index is 0.000000179. The van der Waals surface area contributed by atoms with Crippen molar-refractivity contribution in [1.82, 2.24) is 28.9 Å². The largest absolute Gasteiger partial charge is 0.508 e. The number of phenolic OH excluding ortho intramolecular Hbond substituents is 2. The molecule has 2 aromatic heterocycles. The number of likely N-dealkylation sites (tertiary alicyclic amines) is 2. The van der Waals surface area contributed by atoms with Crippen LogP contribution in [-0.2, 0) is 25.9 Å². The van der Waals surface area contributed by atoms with E-state index in [4.69, 9.17) is 9.97 Å². The Morgan fingerprint density at radius 3 is 1.18 bits per heavy atom. The van der Waals surface area contributed by atoms with Crippen LogP contribution in [0.25, 0.3) is 22.1 Å². The van der Waals surface area contributed by atoms with Crippen molar-refractivity contribution in [3.63, 3.8) is 0 Å². The number of aromatic nitrogens is 4. The standard InChI is InChI=1S/2C27H29FN4O.H2O/c2*28-22-9-5-21(6-10-22)19-32-26-4-2-1-3-25(26)30-27(32)29-23-14-17-31(18-15-23)16-13-20-7-11-24(33)12-8-20;/h2*1-12,23,33H,13-19H2,(H,29,30);1H2. The molecule has 6 aromatic carbocycles. The Morgan fingerprint density at radius 1 is 0.463 bits per heavy atom. The van der Waals surface area contributed by atoms with Gasteiger partial charge < -0.3 is 45.3 Å². The van der Waals surface area contributed by atoms with E-state index in [1.165, 1.54) is 35.4 Å². The van der Waals surface area contributed by atoms with Gasteiger partial charge in [-0.05, 0) is 134 Å². The zero-order valence-electron chi connectivity index (χ0n) is 37.7. The molecule has 4 heterocycles. The number of halogens is 2. The van der Waals surface area contributed by atoms with Crippen molar-refractivity contribution in [2.75, 3.05) is 49.9 Å². The van der Waals surface area contributed by atoms with Crippen LogP contribution in [0.5, 0.6) is 11.5 Å². The molecule has 10 rings (SSSR count). The molecule has 67 heavy (non-hydrogen) atoms. The summed E-state index contributed by atoms with van der Waals surface area (Å²) in [6.45, 7) is 7.55. The molecule has 0 bridgehead atoms. The summed E-state index contributed by atoms with van der Waals surface area (Å²) < 4.78 is 31.1. The average Bonchev–Trinajstić information content (AvgIpc) is 3.87. The highest BCUT2D eigenvalue weighted by Gasteiger charge is 2.23. The summed E-state index contributed by atoms with van der Waals surface area (Å²) in [5.41, 5.74) is 8.69. The van der Waals surface area contributed by atoms with Crippen molar-refractivity contribution in [3.8, 4) is 11.5 Å². The molecule has 348 valence electrons. The van der Waals surface area contributed by atoms with Crippen molar-refractivity contribution >= 4 is 34.0 Å². The molecule has 8 aromatic rings. The summed E-state index contributed by atoms with van der Waals surface area (Å²) in [5, 5.41) is 26.3. The molecule has 0 amide bonds. The number of nitrogens with zero attached hydrogens (tertiary/aromatic N) is 6. The molecule has 6 N–H and O–H groups in total. The fourth-order valence-corrected chi connectivity index (χ4v) is 9.10. The van der Waals surface area contributed by atoms with Crippen LogP contribution in [-0.4, -0.2) is 95.9 Å². The first-order valence-corrected chi connectivity index (χ1v) is 23.2. The highest BCUT2D eigenvalue weighted by Crippen LogP contribution is 2.26. The van der Waals surface area contributed by atoms with Gasteiger partial charge in [-0.15, -0.1) is 0 Å². The van der Waals surface area contributed by atoms with Gasteiger partial charge in [-0.25, -0.2) is 18.7 Å². The van der Waals surface area contributed by atoms with E-state index in [0.717, 1.165) is 123 Å². The zero-order chi connectivity index (χ0) is 45.2. The van der Waals surface area contributed by atoms with Crippen LogP contribution < -0.4 is 10.6 Å². The molecule has 0 aliphatic carbocycles. The molecule has 2 aliphatic rings. The first kappa shape index (κ1) is 46.7. The van der Waals surface area contributed by atoms with Crippen LogP contribution in [0.1, 0.15) is 47.9 Å². The molecular weight excluding hydrogens is 847 g/mol. The maximum absolute atomic E-state index is 13.4. The molecule has 0 saturated carbocycles. The number of piperidine rings is 2. The lowest BCUT2D eigenvalue weighted by Crippen LogP contribution is -2.40. The van der Waals surface area contributed by atoms with Gasteiger partial charge in [-0.1, -0.05) is 72.8 Å². The maximum atomic E-state index is 13.4. The Bertz CT molecular complexity index is 2590. The van der Waals surface area contributed by atoms with E-state index >= 15 is 0 Å². The smallest absolute Gasteiger partial charge is 0.204 e. The number of benzene rings is 6. The lowest BCUT2D eigenvalue weighted by atomic mass is 10.0. The Hall–Kier alpha value is -6.80. The minimum Gasteiger partial charge on any atom is -0.508 e. The predicted molar refractivity (Wildman–Crippen MR) is 264 cm³/mol. The van der Waals surface area contributed by atoms with Gasteiger partial charge in [0.2, 0.25) is 11.9 Å². The van der Waals surface area contributed by atoms with Gasteiger partial charge in [0.15, 0.2) is 0 Å². The van der Waals surface area contributed by atoms with Crippen molar-refractivity contribution in [2.24, 2.45) is 0 Å². The lowest BCUT2D eigenvalue weighted by molar-refractivity contribution is 0.221. The van der Waals surface area contributed by atoms with E-state index in [1.807, 2.05) is 84.9 Å². The second-order valence-corrected chi connectivity index (χ2v) is 17.6. The van der Waals surface area contributed by atoms with E-state index in [0.29, 0.717) is 36.7 Å². The fourth-order valence-electron chi connectivity index (χ4n) is 9.10. The second kappa shape index (κ2) is 22.1. The topological polar surface area (TPSA) is 138 Å². The molecule has 0 unspecified atom stereocenters. The minimum atomic E-state index is -0.218. The third-order valence-electron chi connectivity index (χ3n) is 13.0. The fraction of sp³-hybridized carbons (Fsp3) is 0.296. The number of para-hydroxylation sites is 4. The number of hydrogen-bond donors (Lipinski definition) is 4. The van der Waals surface area contributed by atoms with Crippen molar-refractivity contribution < 1.29 is 24.5 Å². The van der Waals surface area contributed by atoms with Gasteiger partial charge in [0.1, 0.15) is 23.1 Å². The summed E-state index contributed by atoms with van der Waals surface area (Å²) in [7, 11) is 0. The summed E-state index contributed by atoms with van der Waals surface area (Å²) >= 11 is 0. The van der Waals surface area contributed by atoms with Gasteiger partial charge in [-0.2, -0.15) is 0 Å². The number of anilines is 2. The van der Waals surface area contributed by atoms with E-state index < -0.39 is 0 Å². The molecule has 13 heteroatoms. The number of fused-ring (bicyclic) bond motifs is 2. The van der Waals surface area contributed by atoms with E-state index in [9.17, 15) is 19.0 Å². The van der Waals surface area contributed by atoms with Gasteiger partial charge >= 0.3 is 0 Å². The van der Waals surface area contributed by atoms with Crippen LogP contribution in [0.4, 0.5) is 20.7 Å². The van der Waals surface area contributed by atoms with E-state index in [2.05, 4.69) is 41.7 Å². The number of phenols is 2. The van der Waals surface area contributed by atoms with Crippen molar-refractivity contribution in [3.05, 3.63) is 179 Å². The molecule has 2 fully saturated rings. The summed E-state index contributed by atoms with van der Waals surface area (Å²) in [6, 6.07) is 45.4. The van der Waals surface area contributed by atoms with Crippen LogP contribution >= 0.6 is 0 Å². The number of aromatic hydroxyl groups is 2. The number of rotatable bonds is 14. The molecule has 2 aliphatic heterocycles. The third-order valence-corrected chi connectivity index (χ3v) is 13.0. The van der Waals surface area contributed by atoms with Crippen LogP contribution in [0.3, 0.4) is 0 Å². The van der Waals surface area contributed by atoms with Gasteiger partial charge in [-0.3, -0.25) is 0 Å². The zero-order valence-corrected chi connectivity index (χ0v) is 37.7. The quantitative estimate of drug-likeness (QED) is 0.0848. The molecule has 11 nitrogen and oxygen atoms in total. The van der Waals surface area contributed by atoms with Crippen molar-refractivity contribution in [1.29, 1.82) is 0 Å². The molecule has 0 atom stereocenters. The normalized spacial score (nSPS) is 15.0. The maximum Gasteiger partial charge on any atom is 0.204 e. The lowest BCUT2D eigenvalue weighted by Gasteiger charge is -2.32. The Morgan fingerprint density at radius 2 is 0.806 bits per heavy atom. The highest BCUT2D eigenvalue weighted by atomic mass is 19.1. The van der Waals surface area contributed by atoms with E-state index in [1.54, 1.807) is 24.3 Å². The van der Waals surface area contributed by atoms with Crippen molar-refractivity contribution in [2.45, 2.75) is 63.7 Å². The van der Waals surface area contributed by atoms with E-state index in [-0.39, 0.29) is 17.1 Å². The van der Waals surface area contributed by atoms with Crippen LogP contribution in [0, 0.1) is 11.6 Å². The number of imidazole rings is 2.